The van der Waals surface area contributed by atoms with E-state index in [1.165, 1.54) is 7.11 Å². The first-order valence-electron chi connectivity index (χ1n) is 13.7. The number of hydrogen-bond donors (Lipinski definition) is 0. The number of methoxy groups -OCH3 is 1. The topological polar surface area (TPSA) is 221 Å². The molecular weight excluding hydrogens is 612 g/mol. The summed E-state index contributed by atoms with van der Waals surface area (Å²) in [4.78, 5) is 84.0. The zero-order valence-corrected chi connectivity index (χ0v) is 26.0. The Kier molecular flexibility index (Phi) is 14.1. The molecule has 0 N–H and O–H groups in total. The molecule has 0 amide bonds. The van der Waals surface area contributed by atoms with Crippen LogP contribution in [0.2, 0.25) is 0 Å². The van der Waals surface area contributed by atoms with E-state index in [0.717, 1.165) is 48.5 Å². The summed E-state index contributed by atoms with van der Waals surface area (Å²) in [7, 11) is 1.22. The van der Waals surface area contributed by atoms with Gasteiger partial charge >= 0.3 is 41.8 Å². The van der Waals surface area contributed by atoms with Crippen molar-refractivity contribution < 1.29 is 85.7 Å². The van der Waals surface area contributed by atoms with Crippen LogP contribution in [0.25, 0.3) is 0 Å². The molecule has 0 aliphatic carbocycles. The van der Waals surface area contributed by atoms with E-state index >= 15 is 0 Å². The minimum absolute atomic E-state index is 0.504. The van der Waals surface area contributed by atoms with Crippen LogP contribution in [0.3, 0.4) is 0 Å². The summed E-state index contributed by atoms with van der Waals surface area (Å²) in [5.41, 5.74) is 0. The smallest absolute Gasteiger partial charge is 0.303 e. The number of carbonyl (C=O) groups excluding carboxylic acids is 7. The molecule has 2 heterocycles. The van der Waals surface area contributed by atoms with Gasteiger partial charge in [0, 0.05) is 55.6 Å². The number of hydrogen-bond acceptors (Lipinski definition) is 18. The molecule has 0 aromatic rings. The van der Waals surface area contributed by atoms with Gasteiger partial charge in [0.1, 0.15) is 31.5 Å². The summed E-state index contributed by atoms with van der Waals surface area (Å²) in [5.74, 6) is -5.76. The average Bonchev–Trinajstić information content (AvgIpc) is 2.90. The van der Waals surface area contributed by atoms with Crippen molar-refractivity contribution in [2.75, 3.05) is 20.3 Å². The van der Waals surface area contributed by atoms with Gasteiger partial charge in [0.05, 0.1) is 0 Å². The highest BCUT2D eigenvalue weighted by molar-refractivity contribution is 5.69. The van der Waals surface area contributed by atoms with Crippen LogP contribution in [0, 0.1) is 0 Å². The van der Waals surface area contributed by atoms with Crippen LogP contribution < -0.4 is 0 Å². The Labute approximate surface area is 258 Å². The maximum Gasteiger partial charge on any atom is 0.303 e. The van der Waals surface area contributed by atoms with Gasteiger partial charge in [0.15, 0.2) is 43.1 Å². The maximum atomic E-state index is 12.2. The lowest BCUT2D eigenvalue weighted by Crippen LogP contribution is -2.67. The molecule has 10 unspecified atom stereocenters. The fraction of sp³-hybridized carbons (Fsp3) is 0.741. The van der Waals surface area contributed by atoms with Gasteiger partial charge in [-0.25, -0.2) is 0 Å². The van der Waals surface area contributed by atoms with Crippen LogP contribution in [0.5, 0.6) is 0 Å². The highest BCUT2D eigenvalue weighted by Crippen LogP contribution is 2.35. The lowest BCUT2D eigenvalue weighted by molar-refractivity contribution is -0.359. The zero-order valence-electron chi connectivity index (χ0n) is 26.0. The van der Waals surface area contributed by atoms with E-state index in [9.17, 15) is 33.6 Å². The third-order valence-corrected chi connectivity index (χ3v) is 6.12. The molecular formula is C27H38O18. The predicted octanol–water partition coefficient (Wildman–Crippen LogP) is -0.747. The van der Waals surface area contributed by atoms with E-state index in [1.54, 1.807) is 0 Å². The van der Waals surface area contributed by atoms with Gasteiger partial charge in [-0.3, -0.25) is 33.6 Å². The Bertz CT molecular complexity index is 1110. The molecule has 2 rings (SSSR count). The third-order valence-electron chi connectivity index (χ3n) is 6.12. The van der Waals surface area contributed by atoms with Crippen molar-refractivity contribution in [3.63, 3.8) is 0 Å². The van der Waals surface area contributed by atoms with Crippen LogP contribution in [0.4, 0.5) is 0 Å². The van der Waals surface area contributed by atoms with Crippen molar-refractivity contribution in [1.29, 1.82) is 0 Å². The van der Waals surface area contributed by atoms with Gasteiger partial charge in [-0.15, -0.1) is 0 Å². The van der Waals surface area contributed by atoms with Crippen molar-refractivity contribution >= 4 is 41.8 Å². The fourth-order valence-corrected chi connectivity index (χ4v) is 4.66. The summed E-state index contributed by atoms with van der Waals surface area (Å²) >= 11 is 0. The third kappa shape index (κ3) is 11.2. The Hall–Kier alpha value is -3.87. The lowest BCUT2D eigenvalue weighted by Gasteiger charge is -2.48. The standard InChI is InChI=1S/C27H38O18/c1-11(28)36-9-18-20(38-13(3)30)22(39-14(4)31)25(42-17(7)34)27(44-18)45-21-19(10-37-12(2)29)43-26(35-8)24(41-16(6)33)23(21)40-15(5)32/h18-27H,9-10H2,1-8H3. The maximum absolute atomic E-state index is 12.2. The molecule has 2 aliphatic rings. The summed E-state index contributed by atoms with van der Waals surface area (Å²) in [6.07, 6.45) is -15.0. The van der Waals surface area contributed by atoms with Crippen LogP contribution in [0.1, 0.15) is 48.5 Å². The molecule has 0 aromatic carbocycles. The molecule has 0 radical (unpaired) electrons. The van der Waals surface area contributed by atoms with E-state index in [2.05, 4.69) is 0 Å². The quantitative estimate of drug-likeness (QED) is 0.187. The van der Waals surface area contributed by atoms with Crippen molar-refractivity contribution in [3.05, 3.63) is 0 Å². The number of rotatable bonds is 12. The first kappa shape index (κ1) is 37.3. The summed E-state index contributed by atoms with van der Waals surface area (Å²) < 4.78 is 60.6. The SMILES string of the molecule is COC1OC(COC(C)=O)C(OC2OC(COC(C)=O)C(OC(C)=O)C(OC(C)=O)C2OC(C)=O)C(OC(C)=O)C1OC(C)=O. The van der Waals surface area contributed by atoms with Gasteiger partial charge in [0.25, 0.3) is 0 Å². The van der Waals surface area contributed by atoms with Crippen LogP contribution >= 0.6 is 0 Å². The molecule has 18 nitrogen and oxygen atoms in total. The van der Waals surface area contributed by atoms with E-state index < -0.39 is 116 Å². The van der Waals surface area contributed by atoms with E-state index in [-0.39, 0.29) is 0 Å². The number of carbonyl (C=O) groups is 7. The minimum Gasteiger partial charge on any atom is -0.463 e. The van der Waals surface area contributed by atoms with Crippen LogP contribution in [-0.4, -0.2) is 124 Å². The van der Waals surface area contributed by atoms with Crippen molar-refractivity contribution in [3.8, 4) is 0 Å². The Morgan fingerprint density at radius 1 is 0.444 bits per heavy atom. The van der Waals surface area contributed by atoms with Crippen molar-refractivity contribution in [2.45, 2.75) is 110 Å². The molecule has 0 saturated carbocycles. The van der Waals surface area contributed by atoms with Gasteiger partial charge < -0.3 is 52.1 Å². The van der Waals surface area contributed by atoms with E-state index in [0.29, 0.717) is 0 Å². The Morgan fingerprint density at radius 2 is 0.778 bits per heavy atom. The van der Waals surface area contributed by atoms with Gasteiger partial charge in [-0.05, 0) is 0 Å². The Morgan fingerprint density at radius 3 is 1.18 bits per heavy atom. The summed E-state index contributed by atoms with van der Waals surface area (Å²) in [6.45, 7) is 6.44. The van der Waals surface area contributed by atoms with Crippen molar-refractivity contribution in [1.82, 2.24) is 0 Å². The summed E-state index contributed by atoms with van der Waals surface area (Å²) in [6, 6.07) is 0. The van der Waals surface area contributed by atoms with E-state index in [4.69, 9.17) is 52.1 Å². The molecule has 254 valence electrons. The fourth-order valence-electron chi connectivity index (χ4n) is 4.66. The largest absolute Gasteiger partial charge is 0.463 e. The van der Waals surface area contributed by atoms with Crippen molar-refractivity contribution in [2.24, 2.45) is 0 Å². The number of esters is 7. The van der Waals surface area contributed by atoms with Gasteiger partial charge in [-0.2, -0.15) is 0 Å². The average molecular weight is 651 g/mol. The van der Waals surface area contributed by atoms with Gasteiger partial charge in [0.2, 0.25) is 0 Å². The molecule has 2 saturated heterocycles. The highest BCUT2D eigenvalue weighted by atomic mass is 16.8. The molecule has 0 bridgehead atoms. The Balaban J connectivity index is 2.69. The molecule has 45 heavy (non-hydrogen) atoms. The zero-order chi connectivity index (χ0) is 34.0. The first-order valence-corrected chi connectivity index (χ1v) is 13.7. The highest BCUT2D eigenvalue weighted by Gasteiger charge is 2.57. The molecule has 0 aromatic heterocycles. The molecule has 0 spiro atoms. The monoisotopic (exact) mass is 650 g/mol. The molecule has 10 atom stereocenters. The lowest BCUT2D eigenvalue weighted by atomic mass is 9.96. The predicted molar refractivity (Wildman–Crippen MR) is 140 cm³/mol. The normalized spacial score (nSPS) is 31.0. The minimum atomic E-state index is -1.76. The molecule has 2 fully saturated rings. The molecule has 18 heteroatoms. The molecule has 2 aliphatic heterocycles. The summed E-state index contributed by atoms with van der Waals surface area (Å²) in [5, 5.41) is 0. The second kappa shape index (κ2) is 17.0. The van der Waals surface area contributed by atoms with Gasteiger partial charge in [-0.1, -0.05) is 0 Å². The van der Waals surface area contributed by atoms with Crippen LogP contribution in [-0.2, 0) is 85.7 Å². The van der Waals surface area contributed by atoms with Crippen LogP contribution in [0.15, 0.2) is 0 Å². The number of ether oxygens (including phenoxy) is 11. The van der Waals surface area contributed by atoms with E-state index in [1.807, 2.05) is 0 Å². The second-order valence-corrected chi connectivity index (χ2v) is 9.90. The first-order chi connectivity index (χ1) is 21.0. The second-order valence-electron chi connectivity index (χ2n) is 9.90.